The van der Waals surface area contributed by atoms with Crippen molar-refractivity contribution < 1.29 is 10.2 Å². The van der Waals surface area contributed by atoms with Crippen LogP contribution < -0.4 is 5.32 Å². The van der Waals surface area contributed by atoms with Crippen molar-refractivity contribution in [3.63, 3.8) is 0 Å². The van der Waals surface area contributed by atoms with Crippen LogP contribution in [0.3, 0.4) is 0 Å². The molecule has 0 amide bonds. The maximum Gasteiger partial charge on any atom is 0.0660 e. The predicted molar refractivity (Wildman–Crippen MR) is 216 cm³/mol. The third-order valence-electron chi connectivity index (χ3n) is 17.3. The van der Waals surface area contributed by atoms with Gasteiger partial charge in [-0.1, -0.05) is 78.3 Å². The van der Waals surface area contributed by atoms with E-state index in [-0.39, 0.29) is 11.0 Å². The molecular formula is C45H81NO2S. The van der Waals surface area contributed by atoms with Crippen molar-refractivity contribution >= 4 is 15.9 Å². The molecule has 0 aromatic heterocycles. The smallest absolute Gasteiger partial charge is 0.0660 e. The number of nitrogens with one attached hydrogen (secondary N) is 1. The van der Waals surface area contributed by atoms with Crippen molar-refractivity contribution in [2.75, 3.05) is 19.4 Å². The number of unbranched alkanes of at least 4 members (excludes halogenated alkanes) is 1. The second-order valence-electron chi connectivity index (χ2n) is 20.1. The molecule has 3 nitrogen and oxygen atoms in total. The Labute approximate surface area is 307 Å². The minimum absolute atomic E-state index is 0.213. The Kier molecular flexibility index (Phi) is 12.8. The molecule has 0 aromatic rings. The van der Waals surface area contributed by atoms with Gasteiger partial charge in [0.25, 0.3) is 0 Å². The van der Waals surface area contributed by atoms with Gasteiger partial charge in [0.2, 0.25) is 0 Å². The van der Waals surface area contributed by atoms with Gasteiger partial charge in [-0.15, -0.1) is 0 Å². The van der Waals surface area contributed by atoms with Gasteiger partial charge in [-0.25, -0.2) is 0 Å². The summed E-state index contributed by atoms with van der Waals surface area (Å²) in [5, 5.41) is 29.6. The van der Waals surface area contributed by atoms with Crippen molar-refractivity contribution in [3.8, 4) is 0 Å². The first-order valence-corrected chi connectivity index (χ1v) is 23.0. The summed E-state index contributed by atoms with van der Waals surface area (Å²) < 4.78 is 0. The number of allylic oxidation sites excluding steroid dienone is 1. The summed E-state index contributed by atoms with van der Waals surface area (Å²) in [5.41, 5.74) is 2.22. The van der Waals surface area contributed by atoms with E-state index in [4.69, 9.17) is 0 Å². The fourth-order valence-electron chi connectivity index (χ4n) is 13.4. The minimum atomic E-state index is -0.480. The molecule has 5 rings (SSSR count). The Morgan fingerprint density at radius 2 is 1.71 bits per heavy atom. The Morgan fingerprint density at radius 3 is 2.35 bits per heavy atom. The maximum absolute atomic E-state index is 11.7. The van der Waals surface area contributed by atoms with Gasteiger partial charge in [0.15, 0.2) is 0 Å². The van der Waals surface area contributed by atoms with E-state index >= 15 is 0 Å². The first kappa shape index (κ1) is 40.0. The van der Waals surface area contributed by atoms with Crippen molar-refractivity contribution in [2.45, 2.75) is 187 Å². The lowest BCUT2D eigenvalue weighted by Gasteiger charge is -2.68. The standard InChI is InChI=1S/C45H81NO2S/c1-11-13-14-33(5)34(31-47)30-41(6,7)35-17-21-42(8)36(29-35)15-16-39-40-38(32(3)4)20-24-45(40,26-25-43(39,42)9)46-28-27-44(48)22-18-37(19-23-44)49(10)12-2/h12,33-40,46-48H,3,11,13-31H2,1-2,4-10H3/t33?,34-,35-,36-,37?,38+,39-,40-,42-,43-,44?,45+,49?/m1/s1. The van der Waals surface area contributed by atoms with Gasteiger partial charge in [-0.3, -0.25) is 0 Å². The maximum atomic E-state index is 11.7. The lowest BCUT2D eigenvalue weighted by molar-refractivity contribution is -0.178. The molecule has 5 fully saturated rings. The van der Waals surface area contributed by atoms with E-state index in [0.717, 1.165) is 48.8 Å². The summed E-state index contributed by atoms with van der Waals surface area (Å²) in [7, 11) is 0.384. The zero-order valence-corrected chi connectivity index (χ0v) is 34.7. The zero-order valence-electron chi connectivity index (χ0n) is 33.8. The fourth-order valence-corrected chi connectivity index (χ4v) is 14.8. The molecular weight excluding hydrogens is 619 g/mol. The Balaban J connectivity index is 1.28. The quantitative estimate of drug-likeness (QED) is 0.125. The van der Waals surface area contributed by atoms with E-state index in [1.807, 2.05) is 0 Å². The molecule has 5 aliphatic carbocycles. The summed E-state index contributed by atoms with van der Waals surface area (Å²) in [6, 6.07) is 0. The molecule has 0 aliphatic heterocycles. The van der Waals surface area contributed by atoms with Crippen LogP contribution in [-0.4, -0.2) is 51.4 Å². The average molecular weight is 700 g/mol. The fraction of sp³-hybridized carbons (Fsp3) is 0.933. The van der Waals surface area contributed by atoms with Crippen LogP contribution in [0.4, 0.5) is 0 Å². The highest BCUT2D eigenvalue weighted by Crippen LogP contribution is 2.72. The van der Waals surface area contributed by atoms with Crippen LogP contribution >= 0.6 is 10.5 Å². The number of aliphatic hydroxyl groups excluding tert-OH is 1. The van der Waals surface area contributed by atoms with E-state index in [9.17, 15) is 10.2 Å². The molecule has 0 radical (unpaired) electrons. The Hall–Kier alpha value is -0.160. The molecule has 0 heterocycles. The van der Waals surface area contributed by atoms with E-state index in [1.54, 1.807) is 0 Å². The number of fused-ring (bicyclic) bond motifs is 5. The molecule has 0 saturated heterocycles. The first-order valence-electron chi connectivity index (χ1n) is 21.3. The molecule has 5 saturated carbocycles. The number of rotatable bonds is 14. The average Bonchev–Trinajstić information content (AvgIpc) is 3.46. The van der Waals surface area contributed by atoms with Crippen LogP contribution in [0, 0.1) is 57.7 Å². The van der Waals surface area contributed by atoms with E-state index in [1.165, 1.54) is 102 Å². The van der Waals surface area contributed by atoms with E-state index in [0.29, 0.717) is 51.6 Å². The number of hydrogen-bond donors (Lipinski definition) is 3. The monoisotopic (exact) mass is 700 g/mol. The van der Waals surface area contributed by atoms with Crippen molar-refractivity contribution in [1.82, 2.24) is 5.32 Å². The second-order valence-corrected chi connectivity index (χ2v) is 22.4. The number of aliphatic hydroxyl groups is 2. The molecule has 49 heavy (non-hydrogen) atoms. The van der Waals surface area contributed by atoms with E-state index in [2.05, 4.69) is 78.9 Å². The van der Waals surface area contributed by atoms with Crippen molar-refractivity contribution in [3.05, 3.63) is 12.2 Å². The van der Waals surface area contributed by atoms with Gasteiger partial charge in [0.1, 0.15) is 0 Å². The minimum Gasteiger partial charge on any atom is -0.396 e. The van der Waals surface area contributed by atoms with Crippen LogP contribution in [0.25, 0.3) is 0 Å². The van der Waals surface area contributed by atoms with Crippen LogP contribution in [-0.2, 0) is 0 Å². The highest BCUT2D eigenvalue weighted by atomic mass is 32.2. The molecule has 0 bridgehead atoms. The predicted octanol–water partition coefficient (Wildman–Crippen LogP) is 11.2. The molecule has 11 atom stereocenters. The molecule has 2 unspecified atom stereocenters. The lowest BCUT2D eigenvalue weighted by atomic mass is 9.38. The molecule has 4 heteroatoms. The molecule has 3 N–H and O–H groups in total. The second kappa shape index (κ2) is 15.7. The van der Waals surface area contributed by atoms with Gasteiger partial charge in [-0.05, 0) is 186 Å². The molecule has 284 valence electrons. The van der Waals surface area contributed by atoms with Crippen LogP contribution in [0.1, 0.15) is 171 Å². The SMILES string of the molecule is C=C(C)[C@@H]1CC[C@]2(NCCC3(O)CCC(/S(C)=C\C)CC3)CC[C@]3(C)[C@H](CC[C@@H]4C[C@H](C(C)(C)C[C@H](CO)C(C)CCCC)CC[C@]43C)[C@@H]12. The summed E-state index contributed by atoms with van der Waals surface area (Å²) in [6.07, 6.45) is 24.7. The topological polar surface area (TPSA) is 52.5 Å². The largest absolute Gasteiger partial charge is 0.396 e. The normalized spacial score (nSPS) is 42.9. The molecule has 0 aromatic carbocycles. The summed E-state index contributed by atoms with van der Waals surface area (Å²) in [5.74, 6) is 4.70. The van der Waals surface area contributed by atoms with Crippen molar-refractivity contribution in [1.29, 1.82) is 0 Å². The van der Waals surface area contributed by atoms with Gasteiger partial charge >= 0.3 is 0 Å². The van der Waals surface area contributed by atoms with Crippen LogP contribution in [0.15, 0.2) is 12.2 Å². The summed E-state index contributed by atoms with van der Waals surface area (Å²) >= 11 is 0. The Bertz CT molecular complexity index is 1150. The van der Waals surface area contributed by atoms with E-state index < -0.39 is 5.60 Å². The van der Waals surface area contributed by atoms with Gasteiger partial charge in [0.05, 0.1) is 5.60 Å². The molecule has 0 spiro atoms. The first-order chi connectivity index (χ1) is 23.1. The Morgan fingerprint density at radius 1 is 1.00 bits per heavy atom. The number of hydrogen-bond acceptors (Lipinski definition) is 3. The van der Waals surface area contributed by atoms with Gasteiger partial charge in [0, 0.05) is 12.1 Å². The van der Waals surface area contributed by atoms with Crippen LogP contribution in [0.2, 0.25) is 0 Å². The summed E-state index contributed by atoms with van der Waals surface area (Å²) in [4.78, 5) is 0. The third-order valence-corrected chi connectivity index (χ3v) is 19.6. The van der Waals surface area contributed by atoms with Crippen molar-refractivity contribution in [2.24, 2.45) is 57.7 Å². The van der Waals surface area contributed by atoms with Crippen LogP contribution in [0.5, 0.6) is 0 Å². The summed E-state index contributed by atoms with van der Waals surface area (Å²) in [6.45, 7) is 25.7. The van der Waals surface area contributed by atoms with Gasteiger partial charge < -0.3 is 15.5 Å². The highest BCUT2D eigenvalue weighted by molar-refractivity contribution is 8.14. The van der Waals surface area contributed by atoms with Gasteiger partial charge in [-0.2, -0.15) is 10.5 Å². The zero-order chi connectivity index (χ0) is 35.8. The molecule has 5 aliphatic rings. The lowest BCUT2D eigenvalue weighted by Crippen LogP contribution is -2.65. The highest BCUT2D eigenvalue weighted by Gasteiger charge is 2.66. The third kappa shape index (κ3) is 7.76.